The van der Waals surface area contributed by atoms with Crippen molar-refractivity contribution in [2.24, 2.45) is 0 Å². The van der Waals surface area contributed by atoms with Crippen LogP contribution in [0, 0.1) is 6.92 Å². The van der Waals surface area contributed by atoms with Crippen LogP contribution in [-0.2, 0) is 11.2 Å². The molecule has 0 saturated carbocycles. The van der Waals surface area contributed by atoms with Crippen LogP contribution in [0.5, 0.6) is 0 Å². The van der Waals surface area contributed by atoms with Gasteiger partial charge in [0, 0.05) is 37.6 Å². The zero-order chi connectivity index (χ0) is 14.8. The van der Waals surface area contributed by atoms with Gasteiger partial charge in [-0.3, -0.25) is 4.79 Å². The SMILES string of the molecule is Cc1nc(CC(=O)N2CCC(N3CCNC3=O)CC2)cs1. The number of hydrogen-bond acceptors (Lipinski definition) is 4. The Labute approximate surface area is 128 Å². The van der Waals surface area contributed by atoms with E-state index in [2.05, 4.69) is 10.3 Å². The summed E-state index contributed by atoms with van der Waals surface area (Å²) in [6.07, 6.45) is 2.13. The van der Waals surface area contributed by atoms with E-state index in [0.717, 1.165) is 49.7 Å². The van der Waals surface area contributed by atoms with Gasteiger partial charge in [-0.05, 0) is 19.8 Å². The third kappa shape index (κ3) is 3.18. The van der Waals surface area contributed by atoms with Gasteiger partial charge < -0.3 is 15.1 Å². The van der Waals surface area contributed by atoms with E-state index in [4.69, 9.17) is 0 Å². The van der Waals surface area contributed by atoms with E-state index in [1.165, 1.54) is 0 Å². The Hall–Kier alpha value is -1.63. The van der Waals surface area contributed by atoms with Gasteiger partial charge in [-0.15, -0.1) is 11.3 Å². The summed E-state index contributed by atoms with van der Waals surface area (Å²) in [6.45, 7) is 4.94. The van der Waals surface area contributed by atoms with E-state index in [1.807, 2.05) is 22.1 Å². The number of aromatic nitrogens is 1. The topological polar surface area (TPSA) is 65.5 Å². The van der Waals surface area contributed by atoms with E-state index in [1.54, 1.807) is 11.3 Å². The normalized spacial score (nSPS) is 20.0. The van der Waals surface area contributed by atoms with Crippen LogP contribution >= 0.6 is 11.3 Å². The fraction of sp³-hybridized carbons (Fsp3) is 0.643. The van der Waals surface area contributed by atoms with Crippen molar-refractivity contribution in [2.75, 3.05) is 26.2 Å². The molecule has 0 bridgehead atoms. The lowest BCUT2D eigenvalue weighted by atomic mass is 10.0. The molecule has 3 amide bonds. The van der Waals surface area contributed by atoms with Gasteiger partial charge in [0.1, 0.15) is 0 Å². The highest BCUT2D eigenvalue weighted by Gasteiger charge is 2.31. The van der Waals surface area contributed by atoms with Crippen LogP contribution in [0.25, 0.3) is 0 Å². The summed E-state index contributed by atoms with van der Waals surface area (Å²) in [5.41, 5.74) is 0.864. The summed E-state index contributed by atoms with van der Waals surface area (Å²) in [5, 5.41) is 5.78. The molecule has 1 aromatic heterocycles. The third-order valence-corrected chi connectivity index (χ3v) is 4.97. The standard InChI is InChI=1S/C14H20N4O2S/c1-10-16-11(9-21-10)8-13(19)17-5-2-12(3-6-17)18-7-4-15-14(18)20/h9,12H,2-8H2,1H3,(H,15,20). The van der Waals surface area contributed by atoms with Crippen molar-refractivity contribution in [3.05, 3.63) is 16.1 Å². The first kappa shape index (κ1) is 14.3. The number of nitrogens with one attached hydrogen (secondary N) is 1. The molecule has 0 spiro atoms. The van der Waals surface area contributed by atoms with Crippen molar-refractivity contribution in [2.45, 2.75) is 32.2 Å². The van der Waals surface area contributed by atoms with Gasteiger partial charge >= 0.3 is 6.03 Å². The van der Waals surface area contributed by atoms with Crippen molar-refractivity contribution >= 4 is 23.3 Å². The van der Waals surface area contributed by atoms with Gasteiger partial charge in [0.2, 0.25) is 5.91 Å². The van der Waals surface area contributed by atoms with Gasteiger partial charge in [0.25, 0.3) is 0 Å². The highest BCUT2D eigenvalue weighted by Crippen LogP contribution is 2.19. The molecule has 21 heavy (non-hydrogen) atoms. The summed E-state index contributed by atoms with van der Waals surface area (Å²) in [6, 6.07) is 0.316. The van der Waals surface area contributed by atoms with E-state index >= 15 is 0 Å². The Kier molecular flexibility index (Phi) is 4.10. The van der Waals surface area contributed by atoms with E-state index < -0.39 is 0 Å². The molecule has 0 aliphatic carbocycles. The zero-order valence-electron chi connectivity index (χ0n) is 12.2. The van der Waals surface area contributed by atoms with Crippen molar-refractivity contribution in [1.82, 2.24) is 20.1 Å². The number of thiazole rings is 1. The Morgan fingerprint density at radius 3 is 2.76 bits per heavy atom. The summed E-state index contributed by atoms with van der Waals surface area (Å²) in [4.78, 5) is 32.1. The number of aryl methyl sites for hydroxylation is 1. The second kappa shape index (κ2) is 6.01. The average Bonchev–Trinajstić information content (AvgIpc) is 3.08. The Morgan fingerprint density at radius 2 is 2.19 bits per heavy atom. The molecule has 0 atom stereocenters. The molecule has 0 aromatic carbocycles. The molecule has 3 heterocycles. The minimum Gasteiger partial charge on any atom is -0.342 e. The minimum atomic E-state index is 0.0396. The van der Waals surface area contributed by atoms with Crippen molar-refractivity contribution in [3.63, 3.8) is 0 Å². The molecular weight excluding hydrogens is 288 g/mol. The number of rotatable bonds is 3. The third-order valence-electron chi connectivity index (χ3n) is 4.15. The lowest BCUT2D eigenvalue weighted by Crippen LogP contribution is -2.48. The molecule has 7 heteroatoms. The van der Waals surface area contributed by atoms with Crippen LogP contribution < -0.4 is 5.32 Å². The summed E-state index contributed by atoms with van der Waals surface area (Å²) < 4.78 is 0. The van der Waals surface area contributed by atoms with Crippen molar-refractivity contribution in [1.29, 1.82) is 0 Å². The predicted octanol–water partition coefficient (Wildman–Crippen LogP) is 1.01. The zero-order valence-corrected chi connectivity index (χ0v) is 13.0. The first-order valence-electron chi connectivity index (χ1n) is 7.37. The number of hydrogen-bond donors (Lipinski definition) is 1. The predicted molar refractivity (Wildman–Crippen MR) is 80.3 cm³/mol. The molecule has 2 fully saturated rings. The molecule has 2 aliphatic rings. The maximum absolute atomic E-state index is 12.3. The van der Waals surface area contributed by atoms with Gasteiger partial charge in [-0.1, -0.05) is 0 Å². The van der Waals surface area contributed by atoms with Crippen LogP contribution in [-0.4, -0.2) is 58.9 Å². The number of piperidine rings is 1. The second-order valence-corrected chi connectivity index (χ2v) is 6.63. The molecule has 2 aliphatic heterocycles. The van der Waals surface area contributed by atoms with E-state index in [9.17, 15) is 9.59 Å². The number of amides is 3. The molecule has 6 nitrogen and oxygen atoms in total. The molecule has 0 radical (unpaired) electrons. The van der Waals surface area contributed by atoms with Gasteiger partial charge in [0.15, 0.2) is 0 Å². The monoisotopic (exact) mass is 308 g/mol. The van der Waals surface area contributed by atoms with Gasteiger partial charge in [-0.25, -0.2) is 9.78 Å². The summed E-state index contributed by atoms with van der Waals surface area (Å²) >= 11 is 1.58. The molecule has 2 saturated heterocycles. The molecular formula is C14H20N4O2S. The van der Waals surface area contributed by atoms with Crippen LogP contribution in [0.2, 0.25) is 0 Å². The molecule has 114 valence electrons. The minimum absolute atomic E-state index is 0.0396. The number of carbonyl (C=O) groups is 2. The Balaban J connectivity index is 1.51. The van der Waals surface area contributed by atoms with Crippen LogP contribution in [0.1, 0.15) is 23.5 Å². The van der Waals surface area contributed by atoms with Gasteiger partial charge in [0.05, 0.1) is 17.1 Å². The second-order valence-electron chi connectivity index (χ2n) is 5.57. The smallest absolute Gasteiger partial charge is 0.317 e. The average molecular weight is 308 g/mol. The largest absolute Gasteiger partial charge is 0.342 e. The van der Waals surface area contributed by atoms with Gasteiger partial charge in [-0.2, -0.15) is 0 Å². The van der Waals surface area contributed by atoms with Crippen molar-refractivity contribution in [3.8, 4) is 0 Å². The molecule has 1 aromatic rings. The molecule has 0 unspecified atom stereocenters. The Bertz CT molecular complexity index is 537. The quantitative estimate of drug-likeness (QED) is 0.906. The highest BCUT2D eigenvalue weighted by atomic mass is 32.1. The summed E-state index contributed by atoms with van der Waals surface area (Å²) in [5.74, 6) is 0.143. The number of carbonyl (C=O) groups excluding carboxylic acids is 2. The summed E-state index contributed by atoms with van der Waals surface area (Å²) in [7, 11) is 0. The van der Waals surface area contributed by atoms with Crippen LogP contribution in [0.4, 0.5) is 4.79 Å². The number of likely N-dealkylation sites (tertiary alicyclic amines) is 1. The molecule has 3 rings (SSSR count). The first-order valence-corrected chi connectivity index (χ1v) is 8.24. The fourth-order valence-corrected chi connectivity index (χ4v) is 3.63. The maximum atomic E-state index is 12.3. The first-order chi connectivity index (χ1) is 10.1. The van der Waals surface area contributed by atoms with Crippen molar-refractivity contribution < 1.29 is 9.59 Å². The fourth-order valence-electron chi connectivity index (χ4n) is 3.02. The molecule has 1 N–H and O–H groups in total. The number of urea groups is 1. The van der Waals surface area contributed by atoms with Crippen LogP contribution in [0.3, 0.4) is 0 Å². The van der Waals surface area contributed by atoms with E-state index in [0.29, 0.717) is 6.42 Å². The number of nitrogens with zero attached hydrogens (tertiary/aromatic N) is 3. The lowest BCUT2D eigenvalue weighted by Gasteiger charge is -2.36. The maximum Gasteiger partial charge on any atom is 0.317 e. The van der Waals surface area contributed by atoms with E-state index in [-0.39, 0.29) is 18.0 Å². The highest BCUT2D eigenvalue weighted by molar-refractivity contribution is 7.09. The lowest BCUT2D eigenvalue weighted by molar-refractivity contribution is -0.131. The van der Waals surface area contributed by atoms with Crippen LogP contribution in [0.15, 0.2) is 5.38 Å². The Morgan fingerprint density at radius 1 is 1.43 bits per heavy atom.